The summed E-state index contributed by atoms with van der Waals surface area (Å²) < 4.78 is 1.84. The average molecular weight is 435 g/mol. The quantitative estimate of drug-likeness (QED) is 0.572. The minimum Gasteiger partial charge on any atom is -0.339 e. The van der Waals surface area contributed by atoms with Gasteiger partial charge in [-0.3, -0.25) is 9.59 Å². The van der Waals surface area contributed by atoms with Crippen LogP contribution in [0.2, 0.25) is 0 Å². The van der Waals surface area contributed by atoms with E-state index in [4.69, 9.17) is 5.10 Å². The van der Waals surface area contributed by atoms with Crippen molar-refractivity contribution in [3.8, 4) is 16.3 Å². The minimum atomic E-state index is -0.0405. The molecule has 0 N–H and O–H groups in total. The maximum absolute atomic E-state index is 12.8. The summed E-state index contributed by atoms with van der Waals surface area (Å²) in [6.07, 6.45) is 5.41. The standard InChI is InChI=1S/C24H26N4O2S/c1-18(2)24(30)27-14-12-26(13-15-27)22(29)11-10-19-17-28(20-7-4-3-5-8-20)25-23(19)21-9-6-16-31-21/h3-11,16-18H,12-15H2,1-2H3/b11-10+. The predicted molar refractivity (Wildman–Crippen MR) is 124 cm³/mol. The fraction of sp³-hybridized carbons (Fsp3) is 0.292. The first-order valence-electron chi connectivity index (χ1n) is 10.5. The van der Waals surface area contributed by atoms with Crippen LogP contribution in [0.1, 0.15) is 19.4 Å². The largest absolute Gasteiger partial charge is 0.339 e. The molecule has 1 aromatic carbocycles. The monoisotopic (exact) mass is 434 g/mol. The maximum atomic E-state index is 12.8. The zero-order valence-corrected chi connectivity index (χ0v) is 18.6. The molecule has 0 atom stereocenters. The number of carbonyl (C=O) groups excluding carboxylic acids is 2. The molecule has 0 saturated carbocycles. The van der Waals surface area contributed by atoms with Gasteiger partial charge in [-0.25, -0.2) is 4.68 Å². The van der Waals surface area contributed by atoms with Crippen LogP contribution in [0.4, 0.5) is 0 Å². The Morgan fingerprint density at radius 3 is 2.35 bits per heavy atom. The van der Waals surface area contributed by atoms with Gasteiger partial charge < -0.3 is 9.80 Å². The molecular formula is C24H26N4O2S. The Morgan fingerprint density at radius 1 is 1.00 bits per heavy atom. The van der Waals surface area contributed by atoms with Gasteiger partial charge in [-0.05, 0) is 29.7 Å². The molecule has 0 spiro atoms. The van der Waals surface area contributed by atoms with Crippen LogP contribution in [0.3, 0.4) is 0 Å². The third-order valence-corrected chi connectivity index (χ3v) is 6.20. The molecule has 160 valence electrons. The van der Waals surface area contributed by atoms with Crippen molar-refractivity contribution in [2.24, 2.45) is 5.92 Å². The van der Waals surface area contributed by atoms with E-state index in [1.165, 1.54) is 0 Å². The lowest BCUT2D eigenvalue weighted by Crippen LogP contribution is -2.51. The Balaban J connectivity index is 1.50. The molecule has 2 amide bonds. The van der Waals surface area contributed by atoms with Crippen molar-refractivity contribution in [1.82, 2.24) is 19.6 Å². The van der Waals surface area contributed by atoms with Gasteiger partial charge in [-0.2, -0.15) is 5.10 Å². The van der Waals surface area contributed by atoms with Gasteiger partial charge in [0.25, 0.3) is 0 Å². The van der Waals surface area contributed by atoms with Gasteiger partial charge in [-0.15, -0.1) is 11.3 Å². The minimum absolute atomic E-state index is 0.0148. The van der Waals surface area contributed by atoms with Crippen molar-refractivity contribution in [2.45, 2.75) is 13.8 Å². The molecule has 0 unspecified atom stereocenters. The van der Waals surface area contributed by atoms with E-state index in [0.29, 0.717) is 26.2 Å². The molecular weight excluding hydrogens is 408 g/mol. The number of carbonyl (C=O) groups is 2. The summed E-state index contributed by atoms with van der Waals surface area (Å²) in [7, 11) is 0. The summed E-state index contributed by atoms with van der Waals surface area (Å²) >= 11 is 1.62. The van der Waals surface area contributed by atoms with Gasteiger partial charge in [0.2, 0.25) is 11.8 Å². The van der Waals surface area contributed by atoms with Gasteiger partial charge in [0.1, 0.15) is 5.69 Å². The van der Waals surface area contributed by atoms with E-state index >= 15 is 0 Å². The molecule has 3 heterocycles. The molecule has 0 aliphatic carbocycles. The first-order chi connectivity index (χ1) is 15.0. The summed E-state index contributed by atoms with van der Waals surface area (Å²) in [4.78, 5) is 29.6. The number of thiophene rings is 1. The Labute approximate surface area is 186 Å². The van der Waals surface area contributed by atoms with Crippen LogP contribution in [0.25, 0.3) is 22.3 Å². The van der Waals surface area contributed by atoms with Crippen LogP contribution in [0, 0.1) is 5.92 Å². The summed E-state index contributed by atoms with van der Waals surface area (Å²) in [5, 5.41) is 6.79. The summed E-state index contributed by atoms with van der Waals surface area (Å²) in [6, 6.07) is 14.0. The lowest BCUT2D eigenvalue weighted by molar-refractivity contribution is -0.139. The highest BCUT2D eigenvalue weighted by Gasteiger charge is 2.24. The van der Waals surface area contributed by atoms with E-state index in [-0.39, 0.29) is 17.7 Å². The van der Waals surface area contributed by atoms with Crippen molar-refractivity contribution in [2.75, 3.05) is 26.2 Å². The van der Waals surface area contributed by atoms with Crippen molar-refractivity contribution in [3.05, 3.63) is 65.7 Å². The summed E-state index contributed by atoms with van der Waals surface area (Å²) in [5.41, 5.74) is 2.72. The first-order valence-corrected chi connectivity index (χ1v) is 11.4. The van der Waals surface area contributed by atoms with Gasteiger partial charge >= 0.3 is 0 Å². The van der Waals surface area contributed by atoms with Crippen LogP contribution in [-0.2, 0) is 9.59 Å². The number of amides is 2. The summed E-state index contributed by atoms with van der Waals surface area (Å²) in [6.45, 7) is 6.10. The smallest absolute Gasteiger partial charge is 0.246 e. The third-order valence-electron chi connectivity index (χ3n) is 5.32. The van der Waals surface area contributed by atoms with E-state index in [1.54, 1.807) is 22.3 Å². The van der Waals surface area contributed by atoms with Gasteiger partial charge in [-0.1, -0.05) is 38.1 Å². The fourth-order valence-corrected chi connectivity index (χ4v) is 4.34. The van der Waals surface area contributed by atoms with E-state index < -0.39 is 0 Å². The highest BCUT2D eigenvalue weighted by Crippen LogP contribution is 2.28. The third kappa shape index (κ3) is 4.77. The lowest BCUT2D eigenvalue weighted by Gasteiger charge is -2.35. The van der Waals surface area contributed by atoms with Crippen LogP contribution in [-0.4, -0.2) is 57.6 Å². The SMILES string of the molecule is CC(C)C(=O)N1CCN(C(=O)/C=C/c2cn(-c3ccccc3)nc2-c2cccs2)CC1. The molecule has 3 aromatic rings. The highest BCUT2D eigenvalue weighted by atomic mass is 32.1. The van der Waals surface area contributed by atoms with Crippen molar-refractivity contribution < 1.29 is 9.59 Å². The van der Waals surface area contributed by atoms with Crippen LogP contribution in [0.15, 0.2) is 60.1 Å². The molecule has 31 heavy (non-hydrogen) atoms. The topological polar surface area (TPSA) is 58.4 Å². The van der Waals surface area contributed by atoms with Gasteiger partial charge in [0.15, 0.2) is 0 Å². The molecule has 0 radical (unpaired) electrons. The first kappa shape index (κ1) is 21.1. The number of aromatic nitrogens is 2. The second-order valence-electron chi connectivity index (χ2n) is 7.83. The van der Waals surface area contributed by atoms with E-state index in [9.17, 15) is 9.59 Å². The number of nitrogens with zero attached hydrogens (tertiary/aromatic N) is 4. The zero-order chi connectivity index (χ0) is 21.8. The molecule has 7 heteroatoms. The maximum Gasteiger partial charge on any atom is 0.246 e. The number of hydrogen-bond donors (Lipinski definition) is 0. The molecule has 1 saturated heterocycles. The number of para-hydroxylation sites is 1. The Morgan fingerprint density at radius 2 is 1.71 bits per heavy atom. The molecule has 4 rings (SSSR count). The molecule has 2 aromatic heterocycles. The molecule has 1 fully saturated rings. The molecule has 1 aliphatic heterocycles. The van der Waals surface area contributed by atoms with Crippen molar-refractivity contribution >= 4 is 29.2 Å². The fourth-order valence-electron chi connectivity index (χ4n) is 3.61. The van der Waals surface area contributed by atoms with Crippen molar-refractivity contribution in [1.29, 1.82) is 0 Å². The van der Waals surface area contributed by atoms with Crippen molar-refractivity contribution in [3.63, 3.8) is 0 Å². The normalized spacial score (nSPS) is 14.5. The van der Waals surface area contributed by atoms with Crippen LogP contribution in [0.5, 0.6) is 0 Å². The number of rotatable bonds is 5. The van der Waals surface area contributed by atoms with Crippen LogP contribution < -0.4 is 0 Å². The Hall–Kier alpha value is -3.19. The molecule has 6 nitrogen and oxygen atoms in total. The predicted octanol–water partition coefficient (Wildman–Crippen LogP) is 3.94. The summed E-state index contributed by atoms with van der Waals surface area (Å²) in [5.74, 6) is 0.0942. The van der Waals surface area contributed by atoms with E-state index in [2.05, 4.69) is 0 Å². The highest BCUT2D eigenvalue weighted by molar-refractivity contribution is 7.13. The molecule has 1 aliphatic rings. The van der Waals surface area contributed by atoms with E-state index in [1.807, 2.05) is 83.5 Å². The second-order valence-corrected chi connectivity index (χ2v) is 8.78. The second kappa shape index (κ2) is 9.31. The van der Waals surface area contributed by atoms with Gasteiger partial charge in [0.05, 0.1) is 10.6 Å². The Kier molecular flexibility index (Phi) is 6.32. The van der Waals surface area contributed by atoms with E-state index in [0.717, 1.165) is 21.8 Å². The number of hydrogen-bond acceptors (Lipinski definition) is 4. The zero-order valence-electron chi connectivity index (χ0n) is 17.8. The lowest BCUT2D eigenvalue weighted by atomic mass is 10.1. The van der Waals surface area contributed by atoms with Gasteiger partial charge in [0, 0.05) is 49.9 Å². The number of benzene rings is 1. The van der Waals surface area contributed by atoms with Crippen LogP contribution >= 0.6 is 11.3 Å². The number of piperazine rings is 1. The Bertz CT molecular complexity index is 1060. The molecule has 0 bridgehead atoms. The average Bonchev–Trinajstić information content (AvgIpc) is 3.47.